The Morgan fingerprint density at radius 1 is 1.47 bits per heavy atom. The molecule has 0 heterocycles. The minimum absolute atomic E-state index is 0.0362. The van der Waals surface area contributed by atoms with Crippen LogP contribution in [0, 0.1) is 0 Å². The Balaban J connectivity index is 2.74. The van der Waals surface area contributed by atoms with Crippen LogP contribution >= 0.6 is 0 Å². The Kier molecular flexibility index (Phi) is 4.99. The summed E-state index contributed by atoms with van der Waals surface area (Å²) in [7, 11) is -2.17. The molecule has 1 aromatic carbocycles. The number of hydrogen-bond acceptors (Lipinski definition) is 5. The van der Waals surface area contributed by atoms with Gasteiger partial charge in [-0.25, -0.2) is 8.42 Å². The van der Waals surface area contributed by atoms with Crippen molar-refractivity contribution in [3.05, 3.63) is 18.2 Å². The molecule has 0 atom stereocenters. The molecular weight excluding hydrogens is 272 g/mol. The second kappa shape index (κ2) is 6.28. The van der Waals surface area contributed by atoms with Gasteiger partial charge in [-0.05, 0) is 18.6 Å². The fraction of sp³-hybridized carbons (Fsp3) is 0.364. The molecule has 0 aliphatic carbocycles. The van der Waals surface area contributed by atoms with Crippen molar-refractivity contribution in [2.24, 2.45) is 0 Å². The third kappa shape index (κ3) is 5.04. The number of aliphatic carboxylic acids is 1. The van der Waals surface area contributed by atoms with Gasteiger partial charge in [-0.3, -0.25) is 9.52 Å². The molecule has 0 amide bonds. The zero-order valence-corrected chi connectivity index (χ0v) is 11.2. The van der Waals surface area contributed by atoms with Gasteiger partial charge in [0.25, 0.3) is 0 Å². The molecule has 19 heavy (non-hydrogen) atoms. The minimum Gasteiger partial charge on any atom is -0.497 e. The number of carboxylic acid groups (broad SMARTS) is 1. The van der Waals surface area contributed by atoms with Crippen LogP contribution in [0.25, 0.3) is 0 Å². The Morgan fingerprint density at radius 3 is 2.74 bits per heavy atom. The minimum atomic E-state index is -3.63. The number of rotatable bonds is 7. The lowest BCUT2D eigenvalue weighted by Gasteiger charge is -2.11. The van der Waals surface area contributed by atoms with Crippen LogP contribution in [0.15, 0.2) is 18.2 Å². The third-order valence-corrected chi connectivity index (χ3v) is 3.69. The summed E-state index contributed by atoms with van der Waals surface area (Å²) in [6, 6.07) is 4.59. The molecule has 106 valence electrons. The predicted octanol–water partition coefficient (Wildman–Crippen LogP) is 0.884. The first kappa shape index (κ1) is 15.1. The Morgan fingerprint density at radius 2 is 2.16 bits per heavy atom. The topological polar surface area (TPSA) is 119 Å². The van der Waals surface area contributed by atoms with E-state index in [9.17, 15) is 13.2 Å². The first-order chi connectivity index (χ1) is 8.84. The zero-order valence-electron chi connectivity index (χ0n) is 10.4. The van der Waals surface area contributed by atoms with Crippen LogP contribution < -0.4 is 15.2 Å². The Labute approximate surface area is 111 Å². The first-order valence-electron chi connectivity index (χ1n) is 5.50. The lowest BCUT2D eigenvalue weighted by molar-refractivity contribution is -0.137. The second-order valence-electron chi connectivity index (χ2n) is 3.87. The maximum atomic E-state index is 11.7. The van der Waals surface area contributed by atoms with E-state index in [1.807, 2.05) is 0 Å². The first-order valence-corrected chi connectivity index (χ1v) is 7.15. The van der Waals surface area contributed by atoms with Crippen molar-refractivity contribution >= 4 is 27.4 Å². The number of hydrogen-bond donors (Lipinski definition) is 3. The van der Waals surface area contributed by atoms with Crippen LogP contribution in [-0.2, 0) is 14.8 Å². The molecule has 1 rings (SSSR count). The lowest BCUT2D eigenvalue weighted by atomic mass is 10.2. The van der Waals surface area contributed by atoms with Crippen molar-refractivity contribution in [1.82, 2.24) is 0 Å². The monoisotopic (exact) mass is 288 g/mol. The number of sulfonamides is 1. The van der Waals surface area contributed by atoms with Crippen molar-refractivity contribution in [3.8, 4) is 5.75 Å². The molecule has 8 heteroatoms. The maximum Gasteiger partial charge on any atom is 0.303 e. The summed E-state index contributed by atoms with van der Waals surface area (Å²) in [5.41, 5.74) is 6.14. The smallest absolute Gasteiger partial charge is 0.303 e. The maximum absolute atomic E-state index is 11.7. The summed E-state index contributed by atoms with van der Waals surface area (Å²) in [5.74, 6) is -0.843. The summed E-state index contributed by atoms with van der Waals surface area (Å²) in [4.78, 5) is 10.3. The van der Waals surface area contributed by atoms with Gasteiger partial charge in [0, 0.05) is 12.5 Å². The quantitative estimate of drug-likeness (QED) is 0.641. The Bertz CT molecular complexity index is 556. The van der Waals surface area contributed by atoms with E-state index in [1.54, 1.807) is 6.07 Å². The van der Waals surface area contributed by atoms with Gasteiger partial charge < -0.3 is 15.6 Å². The normalized spacial score (nSPS) is 11.0. The number of nitrogens with one attached hydrogen (secondary N) is 1. The SMILES string of the molecule is COc1ccc(N)c(NS(=O)(=O)CCCC(=O)O)c1. The van der Waals surface area contributed by atoms with E-state index in [-0.39, 0.29) is 30.0 Å². The highest BCUT2D eigenvalue weighted by Gasteiger charge is 2.13. The number of nitrogens with two attached hydrogens (primary N) is 1. The number of carbonyl (C=O) groups is 1. The molecule has 0 aliphatic rings. The summed E-state index contributed by atoms with van der Waals surface area (Å²) in [5, 5.41) is 8.46. The number of ether oxygens (including phenoxy) is 1. The summed E-state index contributed by atoms with van der Waals surface area (Å²) in [6.45, 7) is 0. The molecule has 7 nitrogen and oxygen atoms in total. The molecule has 0 bridgehead atoms. The molecule has 0 spiro atoms. The standard InChI is InChI=1S/C11H16N2O5S/c1-18-8-4-5-9(12)10(7-8)13-19(16,17)6-2-3-11(14)15/h4-5,7,13H,2-3,6,12H2,1H3,(H,14,15). The van der Waals surface area contributed by atoms with E-state index in [4.69, 9.17) is 15.6 Å². The highest BCUT2D eigenvalue weighted by Crippen LogP contribution is 2.25. The van der Waals surface area contributed by atoms with Gasteiger partial charge in [0.1, 0.15) is 5.75 Å². The molecular formula is C11H16N2O5S. The van der Waals surface area contributed by atoms with Crippen molar-refractivity contribution in [2.75, 3.05) is 23.3 Å². The number of benzene rings is 1. The number of carboxylic acids is 1. The third-order valence-electron chi connectivity index (χ3n) is 2.33. The van der Waals surface area contributed by atoms with E-state index < -0.39 is 16.0 Å². The van der Waals surface area contributed by atoms with E-state index in [0.29, 0.717) is 5.75 Å². The number of methoxy groups -OCH3 is 1. The largest absolute Gasteiger partial charge is 0.497 e. The second-order valence-corrected chi connectivity index (χ2v) is 5.71. The molecule has 1 aromatic rings. The van der Waals surface area contributed by atoms with E-state index in [0.717, 1.165) is 0 Å². The van der Waals surface area contributed by atoms with Crippen LogP contribution in [0.4, 0.5) is 11.4 Å². The van der Waals surface area contributed by atoms with Gasteiger partial charge in [0.2, 0.25) is 10.0 Å². The zero-order chi connectivity index (χ0) is 14.5. The molecule has 0 aliphatic heterocycles. The van der Waals surface area contributed by atoms with E-state index in [1.165, 1.54) is 19.2 Å². The fourth-order valence-corrected chi connectivity index (χ4v) is 2.52. The molecule has 0 unspecified atom stereocenters. The average molecular weight is 288 g/mol. The highest BCUT2D eigenvalue weighted by atomic mass is 32.2. The van der Waals surface area contributed by atoms with Gasteiger partial charge in [0.15, 0.2) is 0 Å². The van der Waals surface area contributed by atoms with Crippen LogP contribution in [-0.4, -0.2) is 32.4 Å². The van der Waals surface area contributed by atoms with Gasteiger partial charge in [0.05, 0.1) is 24.2 Å². The van der Waals surface area contributed by atoms with Crippen molar-refractivity contribution in [2.45, 2.75) is 12.8 Å². The fourth-order valence-electron chi connectivity index (χ4n) is 1.38. The molecule has 0 saturated carbocycles. The van der Waals surface area contributed by atoms with Crippen LogP contribution in [0.5, 0.6) is 5.75 Å². The molecule has 0 radical (unpaired) electrons. The molecule has 4 N–H and O–H groups in total. The summed E-state index contributed by atoms with van der Waals surface area (Å²) in [6.07, 6.45) is -0.164. The van der Waals surface area contributed by atoms with E-state index in [2.05, 4.69) is 4.72 Å². The average Bonchev–Trinajstić information content (AvgIpc) is 2.31. The van der Waals surface area contributed by atoms with Gasteiger partial charge >= 0.3 is 5.97 Å². The molecule has 0 fully saturated rings. The van der Waals surface area contributed by atoms with Crippen molar-refractivity contribution < 1.29 is 23.1 Å². The van der Waals surface area contributed by atoms with Crippen molar-refractivity contribution in [3.63, 3.8) is 0 Å². The van der Waals surface area contributed by atoms with E-state index >= 15 is 0 Å². The van der Waals surface area contributed by atoms with Crippen LogP contribution in [0.1, 0.15) is 12.8 Å². The Hall–Kier alpha value is -1.96. The number of nitrogen functional groups attached to an aromatic ring is 1. The molecule has 0 saturated heterocycles. The van der Waals surface area contributed by atoms with Crippen LogP contribution in [0.3, 0.4) is 0 Å². The van der Waals surface area contributed by atoms with Gasteiger partial charge in [-0.15, -0.1) is 0 Å². The van der Waals surface area contributed by atoms with Crippen LogP contribution in [0.2, 0.25) is 0 Å². The number of anilines is 2. The van der Waals surface area contributed by atoms with Gasteiger partial charge in [-0.1, -0.05) is 0 Å². The van der Waals surface area contributed by atoms with Gasteiger partial charge in [-0.2, -0.15) is 0 Å². The summed E-state index contributed by atoms with van der Waals surface area (Å²) >= 11 is 0. The predicted molar refractivity (Wildman–Crippen MR) is 71.7 cm³/mol. The summed E-state index contributed by atoms with van der Waals surface area (Å²) < 4.78 is 30.7. The molecule has 0 aromatic heterocycles. The lowest BCUT2D eigenvalue weighted by Crippen LogP contribution is -2.18. The highest BCUT2D eigenvalue weighted by molar-refractivity contribution is 7.92. The van der Waals surface area contributed by atoms with Crippen molar-refractivity contribution in [1.29, 1.82) is 0 Å².